The van der Waals surface area contributed by atoms with Crippen LogP contribution in [0.5, 0.6) is 0 Å². The van der Waals surface area contributed by atoms with Crippen LogP contribution in [-0.4, -0.2) is 66.4 Å². The molecule has 2 N–H and O–H groups in total. The van der Waals surface area contributed by atoms with Crippen molar-refractivity contribution in [1.82, 2.24) is 9.78 Å². The van der Waals surface area contributed by atoms with Gasteiger partial charge in [0.1, 0.15) is 33.1 Å². The number of nitriles is 1. The smallest absolute Gasteiger partial charge is 0.748 e. The van der Waals surface area contributed by atoms with E-state index in [0.717, 1.165) is 16.8 Å². The minimum Gasteiger partial charge on any atom is -0.748 e. The summed E-state index contributed by atoms with van der Waals surface area (Å²) in [5, 5.41) is 27.1. The third-order valence-electron chi connectivity index (χ3n) is 6.91. The minimum atomic E-state index is -4.81. The summed E-state index contributed by atoms with van der Waals surface area (Å²) in [7, 11) is -9.20. The molecule has 0 radical (unpaired) electrons. The zero-order valence-electron chi connectivity index (χ0n) is 28.4. The first kappa shape index (κ1) is 46.5. The maximum Gasteiger partial charge on any atom is 1.00 e. The molecule has 0 saturated carbocycles. The van der Waals surface area contributed by atoms with Crippen molar-refractivity contribution in [2.24, 2.45) is 10.2 Å². The quantitative estimate of drug-likeness (QED) is 0.103. The van der Waals surface area contributed by atoms with Crippen LogP contribution in [0.15, 0.2) is 69.7 Å². The molecule has 268 valence electrons. The Hall–Kier alpha value is -2.61. The molecule has 0 aliphatic rings. The summed E-state index contributed by atoms with van der Waals surface area (Å²) >= 11 is 19.4. The Morgan fingerprint density at radius 2 is 1.64 bits per heavy atom. The first-order chi connectivity index (χ1) is 23.9. The molecule has 0 aliphatic heterocycles. The van der Waals surface area contributed by atoms with Crippen molar-refractivity contribution in [1.29, 1.82) is 5.26 Å². The molecule has 3 aromatic carbocycles. The normalized spacial score (nSPS) is 11.3. The van der Waals surface area contributed by atoms with Crippen molar-refractivity contribution in [3.63, 3.8) is 0 Å². The van der Waals surface area contributed by atoms with Crippen LogP contribution in [0.1, 0.15) is 36.2 Å². The fourth-order valence-electron chi connectivity index (χ4n) is 4.66. The summed E-state index contributed by atoms with van der Waals surface area (Å²) in [6.45, 7) is 3.79. The van der Waals surface area contributed by atoms with Crippen LogP contribution < -0.4 is 74.6 Å². The predicted molar refractivity (Wildman–Crippen MR) is 188 cm³/mol. The summed E-state index contributed by atoms with van der Waals surface area (Å²) in [6.07, 6.45) is 0.0829. The van der Waals surface area contributed by atoms with Crippen molar-refractivity contribution in [2.75, 3.05) is 34.4 Å². The second kappa shape index (κ2) is 19.8. The number of carbonyl (C=O) groups is 2. The number of halogens is 3. The molecule has 0 atom stereocenters. The molecule has 23 heteroatoms. The molecule has 53 heavy (non-hydrogen) atoms. The topological polar surface area (TPSA) is 242 Å². The molecule has 0 saturated heterocycles. The van der Waals surface area contributed by atoms with E-state index < -0.39 is 42.7 Å². The molecule has 4 aromatic rings. The van der Waals surface area contributed by atoms with Gasteiger partial charge in [0.2, 0.25) is 5.91 Å². The molecule has 1 heterocycles. The Balaban J connectivity index is 0.00000486. The van der Waals surface area contributed by atoms with E-state index in [1.54, 1.807) is 17.0 Å². The summed E-state index contributed by atoms with van der Waals surface area (Å²) in [5.41, 5.74) is 0.667. The van der Waals surface area contributed by atoms with Crippen LogP contribution in [0, 0.1) is 11.3 Å². The summed E-state index contributed by atoms with van der Waals surface area (Å²) in [5.74, 6) is -1.96. The molecular formula is C30H25Cl3N8Na2O8S2. The van der Waals surface area contributed by atoms with Gasteiger partial charge in [-0.3, -0.25) is 9.59 Å². The number of rotatable bonds is 13. The number of azo groups is 1. The van der Waals surface area contributed by atoms with Gasteiger partial charge in [-0.1, -0.05) is 40.9 Å². The predicted octanol–water partition coefficient (Wildman–Crippen LogP) is 0.00398. The zero-order valence-corrected chi connectivity index (χ0v) is 36.3. The van der Waals surface area contributed by atoms with Crippen LogP contribution >= 0.6 is 34.8 Å². The van der Waals surface area contributed by atoms with E-state index in [9.17, 15) is 40.8 Å². The minimum absolute atomic E-state index is 0. The zero-order chi connectivity index (χ0) is 37.7. The number of nitrogens with one attached hydrogen (secondary N) is 2. The third-order valence-corrected chi connectivity index (χ3v) is 9.37. The van der Waals surface area contributed by atoms with Gasteiger partial charge in [0.25, 0.3) is 5.91 Å². The maximum absolute atomic E-state index is 12.8. The molecule has 4 rings (SSSR count). The summed E-state index contributed by atoms with van der Waals surface area (Å²) in [6, 6.07) is 13.7. The number of benzene rings is 3. The Morgan fingerprint density at radius 3 is 2.21 bits per heavy atom. The fraction of sp³-hybridized carbons (Fsp3) is 0.200. The SMILES string of the molecule is CCN(CCCS(=O)(=O)[O-])c1ccc(N=Nc2c(C#N)c(Cl)nn2-c2c(Cl)cc(NC(=O)c3cccc(S(=O)(=O)[O-])c3)cc2Cl)c(NC(C)=O)c1.[Na+].[Na+]. The van der Waals surface area contributed by atoms with Crippen LogP contribution in [0.2, 0.25) is 15.2 Å². The molecule has 0 fully saturated rings. The van der Waals surface area contributed by atoms with Gasteiger partial charge in [-0.15, -0.1) is 10.2 Å². The number of amides is 2. The van der Waals surface area contributed by atoms with Gasteiger partial charge in [0, 0.05) is 42.7 Å². The molecule has 0 aliphatic carbocycles. The van der Waals surface area contributed by atoms with E-state index in [-0.39, 0.29) is 127 Å². The number of carbonyl (C=O) groups excluding carboxylic acids is 2. The Kier molecular flexibility index (Phi) is 17.4. The first-order valence-corrected chi connectivity index (χ1v) is 18.6. The molecule has 1 aromatic heterocycles. The standard InChI is InChI=1S/C30H27Cl3N8O8S2.2Na/c1-3-40(10-5-11-50(44,45)46)20-8-9-25(26(15-20)35-17(2)42)37-38-29-22(16-34)28(33)39-41(29)27-23(31)13-19(14-24(27)32)36-30(43)18-6-4-7-21(12-18)51(47,48)49;;/h4,6-9,12-15H,3,5,10-11H2,1-2H3,(H,35,42)(H,36,43)(H,44,45,46)(H,47,48,49);;/q;2*+1/p-2. The van der Waals surface area contributed by atoms with Crippen LogP contribution in [-0.2, 0) is 25.0 Å². The number of hydrogen-bond acceptors (Lipinski definition) is 13. The van der Waals surface area contributed by atoms with Gasteiger partial charge in [-0.2, -0.15) is 10.4 Å². The number of hydrogen-bond donors (Lipinski definition) is 2. The Morgan fingerprint density at radius 1 is 0.981 bits per heavy atom. The van der Waals surface area contributed by atoms with E-state index in [1.165, 1.54) is 37.3 Å². The van der Waals surface area contributed by atoms with Crippen LogP contribution in [0.25, 0.3) is 5.69 Å². The van der Waals surface area contributed by atoms with Crippen LogP contribution in [0.3, 0.4) is 0 Å². The second-order valence-electron chi connectivity index (χ2n) is 10.5. The molecule has 2 amide bonds. The monoisotopic (exact) mass is 840 g/mol. The largest absolute Gasteiger partial charge is 1.00 e. The van der Waals surface area contributed by atoms with Crippen molar-refractivity contribution >= 4 is 95.4 Å². The molecule has 0 unspecified atom stereocenters. The van der Waals surface area contributed by atoms with Gasteiger partial charge < -0.3 is 24.6 Å². The Labute approximate surface area is 364 Å². The van der Waals surface area contributed by atoms with E-state index in [1.807, 2.05) is 13.0 Å². The number of anilines is 3. The van der Waals surface area contributed by atoms with Crippen molar-refractivity contribution in [3.05, 3.63) is 80.9 Å². The van der Waals surface area contributed by atoms with Crippen LogP contribution in [0.4, 0.5) is 28.6 Å². The molecule has 0 bridgehead atoms. The Bertz CT molecular complexity index is 2300. The van der Waals surface area contributed by atoms with Gasteiger partial charge in [0.05, 0.1) is 30.7 Å². The second-order valence-corrected chi connectivity index (χ2v) is 14.6. The average Bonchev–Trinajstić information content (AvgIpc) is 3.35. The van der Waals surface area contributed by atoms with Gasteiger partial charge in [-0.05, 0) is 61.9 Å². The van der Waals surface area contributed by atoms with E-state index in [2.05, 4.69) is 26.0 Å². The van der Waals surface area contributed by atoms with Gasteiger partial charge in [0.15, 0.2) is 11.0 Å². The number of aromatic nitrogens is 2. The van der Waals surface area contributed by atoms with Crippen molar-refractivity contribution in [3.8, 4) is 11.8 Å². The van der Waals surface area contributed by atoms with E-state index in [0.29, 0.717) is 12.2 Å². The van der Waals surface area contributed by atoms with Crippen molar-refractivity contribution < 1.29 is 94.6 Å². The maximum atomic E-state index is 12.8. The molecule has 16 nitrogen and oxygen atoms in total. The van der Waals surface area contributed by atoms with Gasteiger partial charge in [-0.25, -0.2) is 21.5 Å². The molecular weight excluding hydrogens is 817 g/mol. The number of nitrogens with zero attached hydrogens (tertiary/aromatic N) is 6. The van der Waals surface area contributed by atoms with Gasteiger partial charge >= 0.3 is 59.1 Å². The summed E-state index contributed by atoms with van der Waals surface area (Å²) in [4.78, 5) is 26.1. The third kappa shape index (κ3) is 12.4. The summed E-state index contributed by atoms with van der Waals surface area (Å²) < 4.78 is 68.3. The van der Waals surface area contributed by atoms with E-state index in [4.69, 9.17) is 34.8 Å². The van der Waals surface area contributed by atoms with Crippen molar-refractivity contribution in [2.45, 2.75) is 25.2 Å². The first-order valence-electron chi connectivity index (χ1n) is 14.5. The van der Waals surface area contributed by atoms with E-state index >= 15 is 0 Å². The fourth-order valence-corrected chi connectivity index (χ4v) is 6.51. The average molecular weight is 842 g/mol. The molecule has 0 spiro atoms.